The average Bonchev–Trinajstić information content (AvgIpc) is 4.00. The maximum Gasteiger partial charge on any atom is 0.268 e. The fourth-order valence-electron chi connectivity index (χ4n) is 9.88. The normalized spacial score (nSPS) is 13.7. The molecule has 12 rings (SSSR count). The van der Waals surface area contributed by atoms with Crippen molar-refractivity contribution in [1.29, 1.82) is 15.8 Å². The molecule has 0 saturated carbocycles. The van der Waals surface area contributed by atoms with Crippen molar-refractivity contribution >= 4 is 62.0 Å². The van der Waals surface area contributed by atoms with Crippen molar-refractivity contribution in [2.75, 3.05) is 19.6 Å². The van der Waals surface area contributed by atoms with Crippen LogP contribution in [0.15, 0.2) is 109 Å². The molecule has 3 aliphatic rings. The highest BCUT2D eigenvalue weighted by Crippen LogP contribution is 2.38. The maximum atomic E-state index is 14.5. The number of halogens is 6. The Labute approximate surface area is 423 Å². The van der Waals surface area contributed by atoms with Crippen LogP contribution in [-0.2, 0) is 19.6 Å². The SMILES string of the molecule is N#Cc1cc(-c2cc(F)cc(F)c2)c2c(c1)cc1n2CCNC1=O.N#Cc1cc(-c2ccc(Cl)cc2F)c2c(c1)cc1n2CCCNC1=O.N#Cc1cc(-c2ccc(F)cc2F)c2c(c1)cc1n2CCCNC1=O. The topological polar surface area (TPSA) is 173 Å². The van der Waals surface area contributed by atoms with Crippen molar-refractivity contribution in [3.8, 4) is 51.6 Å². The van der Waals surface area contributed by atoms with E-state index < -0.39 is 29.1 Å². The van der Waals surface area contributed by atoms with Crippen LogP contribution in [-0.4, -0.2) is 51.1 Å². The van der Waals surface area contributed by atoms with Gasteiger partial charge in [-0.3, -0.25) is 14.4 Å². The van der Waals surface area contributed by atoms with Crippen LogP contribution < -0.4 is 16.0 Å². The van der Waals surface area contributed by atoms with Crippen LogP contribution in [0.5, 0.6) is 0 Å². The second kappa shape index (κ2) is 19.8. The summed E-state index contributed by atoms with van der Waals surface area (Å²) in [4.78, 5) is 36.6. The minimum Gasteiger partial charge on any atom is -0.351 e. The third-order valence-corrected chi connectivity index (χ3v) is 13.2. The van der Waals surface area contributed by atoms with Crippen molar-refractivity contribution in [1.82, 2.24) is 29.7 Å². The standard InChI is InChI=1S/C19H13ClFN3O.C19H13F2N3O.C18H11F2N3O/c2*20-13-2-3-14(16(21)9-13)15-7-11(10-22)6-12-8-17-19(25)23-4-1-5-24(17)18(12)15;19-13-5-11(6-14(20)8-13)15-4-10(9-21)3-12-7-16-18(24)22-1-2-23(16)17(12)15/h2*2-3,6-9H,1,4-5H2,(H,23,25);3-8H,1-2H2,(H,22,24). The van der Waals surface area contributed by atoms with Crippen LogP contribution in [0.4, 0.5) is 22.0 Å². The Bertz CT molecular complexity index is 3800. The van der Waals surface area contributed by atoms with Crippen molar-refractivity contribution in [2.45, 2.75) is 32.5 Å². The van der Waals surface area contributed by atoms with Crippen molar-refractivity contribution in [2.24, 2.45) is 0 Å². The van der Waals surface area contributed by atoms with Gasteiger partial charge in [0, 0.05) is 100 Å². The summed E-state index contributed by atoms with van der Waals surface area (Å²) in [5, 5.41) is 38.7. The van der Waals surface area contributed by atoms with Gasteiger partial charge in [0.2, 0.25) is 0 Å². The number of fused-ring (bicyclic) bond motifs is 9. The molecule has 0 atom stereocenters. The summed E-state index contributed by atoms with van der Waals surface area (Å²) in [6.07, 6.45) is 1.53. The monoisotopic (exact) mass is 1010 g/mol. The van der Waals surface area contributed by atoms with Crippen LogP contribution in [0.3, 0.4) is 0 Å². The Hall–Kier alpha value is -9.24. The van der Waals surface area contributed by atoms with E-state index in [1.165, 1.54) is 30.3 Å². The highest BCUT2D eigenvalue weighted by molar-refractivity contribution is 6.30. The summed E-state index contributed by atoms with van der Waals surface area (Å²) in [5.41, 5.74) is 7.24. The molecule has 3 N–H and O–H groups in total. The highest BCUT2D eigenvalue weighted by Gasteiger charge is 2.26. The molecule has 366 valence electrons. The Morgan fingerprint density at radius 1 is 0.432 bits per heavy atom. The zero-order chi connectivity index (χ0) is 51.9. The number of nitrogens with zero attached hydrogens (tertiary/aromatic N) is 6. The number of rotatable bonds is 3. The summed E-state index contributed by atoms with van der Waals surface area (Å²) in [5.74, 6) is -3.77. The number of carbonyl (C=O) groups excluding carboxylic acids is 3. The molecule has 9 aromatic rings. The fraction of sp³-hybridized carbons (Fsp3) is 0.143. The molecule has 74 heavy (non-hydrogen) atoms. The van der Waals surface area contributed by atoms with Gasteiger partial charge in [0.25, 0.3) is 17.7 Å². The lowest BCUT2D eigenvalue weighted by atomic mass is 9.99. The fourth-order valence-corrected chi connectivity index (χ4v) is 10.0. The van der Waals surface area contributed by atoms with E-state index in [1.54, 1.807) is 66.7 Å². The van der Waals surface area contributed by atoms with Gasteiger partial charge in [-0.15, -0.1) is 0 Å². The second-order valence-electron chi connectivity index (χ2n) is 17.6. The molecule has 3 amide bonds. The largest absolute Gasteiger partial charge is 0.351 e. The van der Waals surface area contributed by atoms with E-state index in [2.05, 4.69) is 34.2 Å². The molecule has 0 unspecified atom stereocenters. The van der Waals surface area contributed by atoms with Crippen molar-refractivity contribution in [3.05, 3.63) is 177 Å². The maximum absolute atomic E-state index is 14.5. The zero-order valence-corrected chi connectivity index (χ0v) is 39.5. The van der Waals surface area contributed by atoms with Gasteiger partial charge in [0.15, 0.2) is 0 Å². The molecule has 3 aromatic heterocycles. The van der Waals surface area contributed by atoms with Crippen LogP contribution in [0.2, 0.25) is 5.02 Å². The van der Waals surface area contributed by atoms with E-state index >= 15 is 0 Å². The third kappa shape index (κ3) is 9.04. The predicted molar refractivity (Wildman–Crippen MR) is 267 cm³/mol. The van der Waals surface area contributed by atoms with Gasteiger partial charge in [0.1, 0.15) is 46.2 Å². The molecule has 3 aliphatic heterocycles. The molecule has 6 heterocycles. The first kappa shape index (κ1) is 48.4. The summed E-state index contributed by atoms with van der Waals surface area (Å²) < 4.78 is 75.1. The summed E-state index contributed by atoms with van der Waals surface area (Å²) in [7, 11) is 0. The highest BCUT2D eigenvalue weighted by atomic mass is 35.5. The predicted octanol–water partition coefficient (Wildman–Crippen LogP) is 10.9. The molecule has 6 aromatic carbocycles. The average molecular weight is 1010 g/mol. The molecule has 0 spiro atoms. The lowest BCUT2D eigenvalue weighted by Gasteiger charge is -2.18. The minimum absolute atomic E-state index is 0.158. The third-order valence-electron chi connectivity index (χ3n) is 13.0. The summed E-state index contributed by atoms with van der Waals surface area (Å²) in [6.45, 7) is 3.44. The molecule has 0 saturated heterocycles. The lowest BCUT2D eigenvalue weighted by Crippen LogP contribution is -2.34. The number of carbonyl (C=O) groups is 3. The number of amides is 3. The van der Waals surface area contributed by atoms with E-state index in [-0.39, 0.29) is 23.3 Å². The number of aromatic nitrogens is 3. The van der Waals surface area contributed by atoms with Gasteiger partial charge >= 0.3 is 0 Å². The van der Waals surface area contributed by atoms with Crippen LogP contribution in [0.1, 0.15) is 61.0 Å². The van der Waals surface area contributed by atoms with Gasteiger partial charge in [0.05, 0.1) is 51.4 Å². The summed E-state index contributed by atoms with van der Waals surface area (Å²) >= 11 is 5.87. The minimum atomic E-state index is -0.704. The van der Waals surface area contributed by atoms with Crippen LogP contribution in [0, 0.1) is 63.1 Å². The van der Waals surface area contributed by atoms with Gasteiger partial charge in [-0.05, 0) is 115 Å². The number of benzene rings is 6. The molecular formula is C56H37ClF5N9O3. The first-order valence-electron chi connectivity index (χ1n) is 23.2. The van der Waals surface area contributed by atoms with E-state index in [0.29, 0.717) is 128 Å². The Balaban J connectivity index is 0.000000127. The smallest absolute Gasteiger partial charge is 0.268 e. The van der Waals surface area contributed by atoms with Gasteiger partial charge in [-0.2, -0.15) is 15.8 Å². The van der Waals surface area contributed by atoms with E-state index in [9.17, 15) is 52.1 Å². The van der Waals surface area contributed by atoms with E-state index in [0.717, 1.165) is 35.9 Å². The number of hydrogen-bond acceptors (Lipinski definition) is 6. The number of aryl methyl sites for hydroxylation is 2. The number of nitrogens with one attached hydrogen (secondary N) is 3. The van der Waals surface area contributed by atoms with Gasteiger partial charge in [-0.1, -0.05) is 11.6 Å². The van der Waals surface area contributed by atoms with Crippen LogP contribution in [0.25, 0.3) is 66.1 Å². The first-order valence-corrected chi connectivity index (χ1v) is 23.6. The Morgan fingerprint density at radius 2 is 0.851 bits per heavy atom. The summed E-state index contributed by atoms with van der Waals surface area (Å²) in [6, 6.07) is 32.4. The van der Waals surface area contributed by atoms with E-state index in [4.69, 9.17) is 11.6 Å². The van der Waals surface area contributed by atoms with Gasteiger partial charge in [-0.25, -0.2) is 22.0 Å². The molecule has 0 aliphatic carbocycles. The zero-order valence-electron chi connectivity index (χ0n) is 38.7. The Morgan fingerprint density at radius 3 is 1.31 bits per heavy atom. The van der Waals surface area contributed by atoms with E-state index in [1.807, 2.05) is 13.7 Å². The van der Waals surface area contributed by atoms with Gasteiger partial charge < -0.3 is 29.7 Å². The first-order chi connectivity index (χ1) is 35.7. The van der Waals surface area contributed by atoms with Crippen LogP contribution >= 0.6 is 11.6 Å². The molecule has 0 radical (unpaired) electrons. The number of nitriles is 3. The second-order valence-corrected chi connectivity index (χ2v) is 18.1. The van der Waals surface area contributed by atoms with Crippen molar-refractivity contribution < 1.29 is 36.3 Å². The molecule has 0 bridgehead atoms. The molecular weight excluding hydrogens is 977 g/mol. The molecule has 18 heteroatoms. The Kier molecular flexibility index (Phi) is 12.9. The molecule has 12 nitrogen and oxygen atoms in total. The van der Waals surface area contributed by atoms with Crippen molar-refractivity contribution in [3.63, 3.8) is 0 Å². The molecule has 0 fully saturated rings. The number of hydrogen-bond donors (Lipinski definition) is 3. The lowest BCUT2D eigenvalue weighted by molar-refractivity contribution is 0.0925. The quantitative estimate of drug-likeness (QED) is 0.149.